The third-order valence-electron chi connectivity index (χ3n) is 2.40. The first-order valence-electron chi connectivity index (χ1n) is 5.93. The smallest absolute Gasteiger partial charge is 0.253 e. The van der Waals surface area contributed by atoms with E-state index < -0.39 is 0 Å². The number of carbonyl (C=O) groups is 1. The van der Waals surface area contributed by atoms with E-state index in [2.05, 4.69) is 27.1 Å². The van der Waals surface area contributed by atoms with E-state index in [1.165, 1.54) is 6.20 Å². The Kier molecular flexibility index (Phi) is 4.82. The van der Waals surface area contributed by atoms with Crippen molar-refractivity contribution in [1.29, 1.82) is 0 Å². The molecule has 102 valence electrons. The number of aryl methyl sites for hydroxylation is 1. The molecule has 5 nitrogen and oxygen atoms in total. The second-order valence-electron chi connectivity index (χ2n) is 3.95. The lowest BCUT2D eigenvalue weighted by molar-refractivity contribution is 0.0951. The lowest BCUT2D eigenvalue weighted by Gasteiger charge is -2.03. The standard InChI is InChI=1S/C14H13N3O2S/c1-10-16-8-13(20-10)9-17-14(19)12-5-11(3-2-4-18)6-15-7-12/h5-8,18H,4,9H2,1H3,(H,17,19). The van der Waals surface area contributed by atoms with Gasteiger partial charge in [-0.15, -0.1) is 11.3 Å². The predicted octanol–water partition coefficient (Wildman–Crippen LogP) is 1.12. The number of rotatable bonds is 3. The normalized spacial score (nSPS) is 9.70. The molecule has 1 amide bonds. The Morgan fingerprint density at radius 3 is 3.00 bits per heavy atom. The number of thiazole rings is 1. The predicted molar refractivity (Wildman–Crippen MR) is 76.2 cm³/mol. The number of aliphatic hydroxyl groups is 1. The van der Waals surface area contributed by atoms with Gasteiger partial charge in [-0.25, -0.2) is 4.98 Å². The van der Waals surface area contributed by atoms with E-state index >= 15 is 0 Å². The van der Waals surface area contributed by atoms with E-state index in [-0.39, 0.29) is 12.5 Å². The Hall–Kier alpha value is -2.23. The summed E-state index contributed by atoms with van der Waals surface area (Å²) in [6.07, 6.45) is 4.78. The molecule has 20 heavy (non-hydrogen) atoms. The number of pyridine rings is 1. The van der Waals surface area contributed by atoms with Crippen molar-refractivity contribution in [1.82, 2.24) is 15.3 Å². The number of amides is 1. The number of nitrogens with zero attached hydrogens (tertiary/aromatic N) is 2. The van der Waals surface area contributed by atoms with Crippen LogP contribution in [0.15, 0.2) is 24.7 Å². The molecule has 0 aliphatic rings. The maximum absolute atomic E-state index is 12.0. The number of hydrogen-bond acceptors (Lipinski definition) is 5. The van der Waals surface area contributed by atoms with Crippen LogP contribution >= 0.6 is 11.3 Å². The molecule has 0 saturated carbocycles. The molecule has 6 heteroatoms. The first-order valence-corrected chi connectivity index (χ1v) is 6.75. The fourth-order valence-corrected chi connectivity index (χ4v) is 2.27. The van der Waals surface area contributed by atoms with Gasteiger partial charge in [0, 0.05) is 29.0 Å². The summed E-state index contributed by atoms with van der Waals surface area (Å²) in [4.78, 5) is 21.1. The zero-order valence-corrected chi connectivity index (χ0v) is 11.7. The van der Waals surface area contributed by atoms with Crippen LogP contribution < -0.4 is 5.32 Å². The fourth-order valence-electron chi connectivity index (χ4n) is 1.53. The van der Waals surface area contributed by atoms with Crippen molar-refractivity contribution in [2.24, 2.45) is 0 Å². The van der Waals surface area contributed by atoms with Gasteiger partial charge in [-0.3, -0.25) is 9.78 Å². The van der Waals surface area contributed by atoms with E-state index in [4.69, 9.17) is 5.11 Å². The highest BCUT2D eigenvalue weighted by atomic mass is 32.1. The van der Waals surface area contributed by atoms with Crippen molar-refractivity contribution in [3.05, 3.63) is 45.7 Å². The van der Waals surface area contributed by atoms with Gasteiger partial charge >= 0.3 is 0 Å². The molecule has 0 fully saturated rings. The average molecular weight is 287 g/mol. The fraction of sp³-hybridized carbons (Fsp3) is 0.214. The molecule has 0 aromatic carbocycles. The lowest BCUT2D eigenvalue weighted by atomic mass is 10.2. The molecule has 2 rings (SSSR count). The van der Waals surface area contributed by atoms with Gasteiger partial charge in [-0.1, -0.05) is 11.8 Å². The molecular formula is C14H13N3O2S. The molecule has 0 atom stereocenters. The van der Waals surface area contributed by atoms with E-state index in [1.807, 2.05) is 6.92 Å². The van der Waals surface area contributed by atoms with Crippen LogP contribution in [-0.2, 0) is 6.54 Å². The Bertz CT molecular complexity index is 670. The van der Waals surface area contributed by atoms with Gasteiger partial charge in [-0.2, -0.15) is 0 Å². The van der Waals surface area contributed by atoms with E-state index in [0.717, 1.165) is 9.88 Å². The van der Waals surface area contributed by atoms with E-state index in [9.17, 15) is 4.79 Å². The van der Waals surface area contributed by atoms with Gasteiger partial charge in [0.25, 0.3) is 5.91 Å². The molecule has 2 aromatic rings. The van der Waals surface area contributed by atoms with Gasteiger partial charge < -0.3 is 10.4 Å². The molecule has 0 aliphatic carbocycles. The van der Waals surface area contributed by atoms with Crippen molar-refractivity contribution in [2.45, 2.75) is 13.5 Å². The molecule has 0 aliphatic heterocycles. The Morgan fingerprint density at radius 1 is 1.45 bits per heavy atom. The summed E-state index contributed by atoms with van der Waals surface area (Å²) < 4.78 is 0. The van der Waals surface area contributed by atoms with Crippen LogP contribution in [0.2, 0.25) is 0 Å². The highest BCUT2D eigenvalue weighted by Crippen LogP contribution is 2.11. The van der Waals surface area contributed by atoms with E-state index in [0.29, 0.717) is 17.7 Å². The zero-order chi connectivity index (χ0) is 14.4. The molecule has 2 heterocycles. The van der Waals surface area contributed by atoms with Crippen LogP contribution in [0.4, 0.5) is 0 Å². The Labute approximate surface area is 120 Å². The van der Waals surface area contributed by atoms with Gasteiger partial charge in [0.2, 0.25) is 0 Å². The highest BCUT2D eigenvalue weighted by Gasteiger charge is 2.07. The van der Waals surface area contributed by atoms with Crippen LogP contribution in [0.5, 0.6) is 0 Å². The number of aliphatic hydroxyl groups excluding tert-OH is 1. The van der Waals surface area contributed by atoms with Crippen molar-refractivity contribution in [3.8, 4) is 11.8 Å². The largest absolute Gasteiger partial charge is 0.384 e. The average Bonchev–Trinajstić information content (AvgIpc) is 2.88. The summed E-state index contributed by atoms with van der Waals surface area (Å²) in [6, 6.07) is 1.64. The van der Waals surface area contributed by atoms with Crippen molar-refractivity contribution in [2.75, 3.05) is 6.61 Å². The number of carbonyl (C=O) groups excluding carboxylic acids is 1. The second-order valence-corrected chi connectivity index (χ2v) is 5.27. The van der Waals surface area contributed by atoms with Crippen LogP contribution in [-0.4, -0.2) is 27.6 Å². The minimum absolute atomic E-state index is 0.212. The second kappa shape index (κ2) is 6.80. The summed E-state index contributed by atoms with van der Waals surface area (Å²) >= 11 is 1.55. The third kappa shape index (κ3) is 3.88. The zero-order valence-electron chi connectivity index (χ0n) is 10.9. The molecule has 2 aromatic heterocycles. The van der Waals surface area contributed by atoms with Crippen molar-refractivity contribution in [3.63, 3.8) is 0 Å². The molecule has 0 saturated heterocycles. The topological polar surface area (TPSA) is 75.1 Å². The van der Waals surface area contributed by atoms with Crippen molar-refractivity contribution >= 4 is 17.2 Å². The van der Waals surface area contributed by atoms with Gasteiger partial charge in [0.15, 0.2) is 0 Å². The Balaban J connectivity index is 2.01. The molecule has 0 unspecified atom stereocenters. The summed E-state index contributed by atoms with van der Waals surface area (Å²) in [5, 5.41) is 12.4. The van der Waals surface area contributed by atoms with Crippen LogP contribution in [0.3, 0.4) is 0 Å². The molecule has 2 N–H and O–H groups in total. The number of nitrogens with one attached hydrogen (secondary N) is 1. The van der Waals surface area contributed by atoms with Gasteiger partial charge in [-0.05, 0) is 13.0 Å². The van der Waals surface area contributed by atoms with Gasteiger partial charge in [0.1, 0.15) is 6.61 Å². The van der Waals surface area contributed by atoms with Crippen LogP contribution in [0, 0.1) is 18.8 Å². The van der Waals surface area contributed by atoms with Crippen LogP contribution in [0.1, 0.15) is 25.8 Å². The molecule has 0 spiro atoms. The SMILES string of the molecule is Cc1ncc(CNC(=O)c2cncc(C#CCO)c2)s1. The lowest BCUT2D eigenvalue weighted by Crippen LogP contribution is -2.22. The molecule has 0 radical (unpaired) electrons. The maximum atomic E-state index is 12.0. The highest BCUT2D eigenvalue weighted by molar-refractivity contribution is 7.11. The van der Waals surface area contributed by atoms with Gasteiger partial charge in [0.05, 0.1) is 17.1 Å². The monoisotopic (exact) mass is 287 g/mol. The minimum atomic E-state index is -0.221. The molecule has 0 bridgehead atoms. The summed E-state index contributed by atoms with van der Waals surface area (Å²) in [6.45, 7) is 2.14. The summed E-state index contributed by atoms with van der Waals surface area (Å²) in [5.41, 5.74) is 1.04. The minimum Gasteiger partial charge on any atom is -0.384 e. The Morgan fingerprint density at radius 2 is 2.30 bits per heavy atom. The number of hydrogen-bond donors (Lipinski definition) is 2. The molecular weight excluding hydrogens is 274 g/mol. The summed E-state index contributed by atoms with van der Waals surface area (Å²) in [5.74, 6) is 5.02. The quantitative estimate of drug-likeness (QED) is 0.830. The van der Waals surface area contributed by atoms with Crippen molar-refractivity contribution < 1.29 is 9.90 Å². The summed E-state index contributed by atoms with van der Waals surface area (Å²) in [7, 11) is 0. The first kappa shape index (κ1) is 14.2. The maximum Gasteiger partial charge on any atom is 0.253 e. The van der Waals surface area contributed by atoms with E-state index in [1.54, 1.807) is 29.8 Å². The third-order valence-corrected chi connectivity index (χ3v) is 3.32. The number of aromatic nitrogens is 2. The van der Waals surface area contributed by atoms with Crippen LogP contribution in [0.25, 0.3) is 0 Å². The first-order chi connectivity index (χ1) is 9.69.